The van der Waals surface area contributed by atoms with E-state index in [2.05, 4.69) is 0 Å². The van der Waals surface area contributed by atoms with Gasteiger partial charge in [-0.1, -0.05) is 0 Å². The highest BCUT2D eigenvalue weighted by atomic mass is 16.6. The number of nitro groups is 1. The maximum atomic E-state index is 13.3. The number of hydrogen-bond acceptors (Lipinski definition) is 4. The van der Waals surface area contributed by atoms with Crippen LogP contribution in [0.5, 0.6) is 5.75 Å². The Morgan fingerprint density at radius 2 is 1.81 bits per heavy atom. The zero-order valence-electron chi connectivity index (χ0n) is 15.4. The molecule has 26 heavy (non-hydrogen) atoms. The molecule has 1 aromatic carbocycles. The zero-order valence-corrected chi connectivity index (χ0v) is 15.4. The molecule has 6 nitrogen and oxygen atoms in total. The molecule has 0 atom stereocenters. The van der Waals surface area contributed by atoms with Gasteiger partial charge < -0.3 is 9.64 Å². The number of methoxy groups -OCH3 is 1. The van der Waals surface area contributed by atoms with Crippen LogP contribution in [0.2, 0.25) is 0 Å². The first-order chi connectivity index (χ1) is 12.5. The van der Waals surface area contributed by atoms with Gasteiger partial charge in [0.05, 0.1) is 12.0 Å². The number of carbonyl (C=O) groups is 1. The van der Waals surface area contributed by atoms with Crippen LogP contribution in [0.1, 0.15) is 55.8 Å². The maximum absolute atomic E-state index is 13.3. The third kappa shape index (κ3) is 2.66. The van der Waals surface area contributed by atoms with Gasteiger partial charge in [-0.2, -0.15) is 0 Å². The number of rotatable bonds is 5. The van der Waals surface area contributed by atoms with E-state index in [1.54, 1.807) is 6.07 Å². The van der Waals surface area contributed by atoms with Gasteiger partial charge in [-0.15, -0.1) is 0 Å². The Hall–Kier alpha value is -2.11. The second-order valence-corrected chi connectivity index (χ2v) is 8.34. The van der Waals surface area contributed by atoms with Crippen LogP contribution in [0.4, 0.5) is 5.69 Å². The standard InChI is InChI=1S/C20H26N2O4/c1-3-21(20-10-13-6-14(11-20)8-15(7-13)12-20)19(23)16-4-5-18(26-2)17(9-16)22(24)25/h4-5,9,13-15H,3,6-8,10-12H2,1-2H3. The van der Waals surface area contributed by atoms with E-state index in [0.717, 1.165) is 37.0 Å². The first-order valence-electron chi connectivity index (χ1n) is 9.60. The molecule has 0 aromatic heterocycles. The van der Waals surface area contributed by atoms with E-state index in [1.165, 1.54) is 38.5 Å². The molecule has 0 spiro atoms. The molecule has 1 amide bonds. The lowest BCUT2D eigenvalue weighted by Gasteiger charge is -2.60. The minimum absolute atomic E-state index is 0.0463. The smallest absolute Gasteiger partial charge is 0.311 e. The van der Waals surface area contributed by atoms with E-state index in [0.29, 0.717) is 12.1 Å². The minimum atomic E-state index is -0.489. The fourth-order valence-corrected chi connectivity index (χ4v) is 6.21. The number of hydrogen-bond donors (Lipinski definition) is 0. The van der Waals surface area contributed by atoms with Gasteiger partial charge in [0.1, 0.15) is 0 Å². The van der Waals surface area contributed by atoms with E-state index in [-0.39, 0.29) is 22.9 Å². The van der Waals surface area contributed by atoms with E-state index >= 15 is 0 Å². The quantitative estimate of drug-likeness (QED) is 0.588. The van der Waals surface area contributed by atoms with Crippen LogP contribution < -0.4 is 4.74 Å². The molecule has 0 N–H and O–H groups in total. The predicted octanol–water partition coefficient (Wildman–Crippen LogP) is 4.03. The molecule has 6 heteroatoms. The fourth-order valence-electron chi connectivity index (χ4n) is 6.21. The first kappa shape index (κ1) is 17.3. The molecule has 0 heterocycles. The minimum Gasteiger partial charge on any atom is -0.490 e. The Balaban J connectivity index is 1.66. The summed E-state index contributed by atoms with van der Waals surface area (Å²) in [6.07, 6.45) is 7.24. The van der Waals surface area contributed by atoms with Gasteiger partial charge in [0, 0.05) is 23.7 Å². The summed E-state index contributed by atoms with van der Waals surface area (Å²) in [7, 11) is 1.40. The van der Waals surface area contributed by atoms with Crippen molar-refractivity contribution in [2.24, 2.45) is 17.8 Å². The molecule has 4 aliphatic carbocycles. The van der Waals surface area contributed by atoms with Gasteiger partial charge in [0.15, 0.2) is 5.75 Å². The van der Waals surface area contributed by atoms with Crippen LogP contribution >= 0.6 is 0 Å². The summed E-state index contributed by atoms with van der Waals surface area (Å²) in [6, 6.07) is 4.54. The normalized spacial score (nSPS) is 31.7. The summed E-state index contributed by atoms with van der Waals surface area (Å²) >= 11 is 0. The van der Waals surface area contributed by atoms with Crippen molar-refractivity contribution in [1.29, 1.82) is 0 Å². The van der Waals surface area contributed by atoms with Gasteiger partial charge in [-0.3, -0.25) is 14.9 Å². The van der Waals surface area contributed by atoms with Gasteiger partial charge in [0.2, 0.25) is 0 Å². The zero-order chi connectivity index (χ0) is 18.5. The second-order valence-electron chi connectivity index (χ2n) is 8.34. The van der Waals surface area contributed by atoms with E-state index in [9.17, 15) is 14.9 Å². The molecule has 4 bridgehead atoms. The molecule has 0 unspecified atom stereocenters. The average Bonchev–Trinajstić information content (AvgIpc) is 2.60. The Morgan fingerprint density at radius 3 is 2.27 bits per heavy atom. The van der Waals surface area contributed by atoms with Crippen molar-refractivity contribution in [3.05, 3.63) is 33.9 Å². The first-order valence-corrected chi connectivity index (χ1v) is 9.60. The largest absolute Gasteiger partial charge is 0.490 e. The Morgan fingerprint density at radius 1 is 1.23 bits per heavy atom. The number of nitro benzene ring substituents is 1. The number of nitrogens with zero attached hydrogens (tertiary/aromatic N) is 2. The number of amides is 1. The molecule has 4 aliphatic rings. The summed E-state index contributed by atoms with van der Waals surface area (Å²) in [5.41, 5.74) is 0.185. The molecule has 4 fully saturated rings. The molecule has 0 saturated heterocycles. The van der Waals surface area contributed by atoms with Crippen LogP contribution in [0.15, 0.2) is 18.2 Å². The van der Waals surface area contributed by atoms with Crippen molar-refractivity contribution in [3.63, 3.8) is 0 Å². The van der Waals surface area contributed by atoms with Gasteiger partial charge >= 0.3 is 5.69 Å². The summed E-state index contributed by atoms with van der Waals surface area (Å²) < 4.78 is 5.06. The summed E-state index contributed by atoms with van der Waals surface area (Å²) in [4.78, 5) is 26.2. The van der Waals surface area contributed by atoms with Crippen molar-refractivity contribution in [2.45, 2.75) is 51.0 Å². The number of carbonyl (C=O) groups excluding carboxylic acids is 1. The molecule has 140 valence electrons. The van der Waals surface area contributed by atoms with Crippen LogP contribution in [0.3, 0.4) is 0 Å². The molecule has 1 aromatic rings. The lowest BCUT2D eigenvalue weighted by molar-refractivity contribution is -0.385. The Labute approximate surface area is 153 Å². The molecule has 0 radical (unpaired) electrons. The highest BCUT2D eigenvalue weighted by Crippen LogP contribution is 2.58. The fraction of sp³-hybridized carbons (Fsp3) is 0.650. The SMILES string of the molecule is CCN(C(=O)c1ccc(OC)c([N+](=O)[O-])c1)C12CC3CC(CC(C3)C1)C2. The number of ether oxygens (including phenoxy) is 1. The van der Waals surface area contributed by atoms with Gasteiger partial charge in [0.25, 0.3) is 5.91 Å². The summed E-state index contributed by atoms with van der Waals surface area (Å²) in [5, 5.41) is 11.3. The average molecular weight is 358 g/mol. The Bertz CT molecular complexity index is 710. The van der Waals surface area contributed by atoms with Gasteiger partial charge in [-0.05, 0) is 75.3 Å². The van der Waals surface area contributed by atoms with Crippen molar-refractivity contribution >= 4 is 11.6 Å². The molecular formula is C20H26N2O4. The highest BCUT2D eigenvalue weighted by Gasteiger charge is 2.54. The topological polar surface area (TPSA) is 72.7 Å². The molecule has 5 rings (SSSR count). The maximum Gasteiger partial charge on any atom is 0.311 e. The molecule has 4 saturated carbocycles. The van der Waals surface area contributed by atoms with Crippen LogP contribution in [0, 0.1) is 27.9 Å². The van der Waals surface area contributed by atoms with Crippen molar-refractivity contribution in [3.8, 4) is 5.75 Å². The second kappa shape index (κ2) is 6.25. The van der Waals surface area contributed by atoms with Gasteiger partial charge in [-0.25, -0.2) is 0 Å². The molecule has 0 aliphatic heterocycles. The predicted molar refractivity (Wildman–Crippen MR) is 97.3 cm³/mol. The van der Waals surface area contributed by atoms with Crippen molar-refractivity contribution < 1.29 is 14.5 Å². The monoisotopic (exact) mass is 358 g/mol. The summed E-state index contributed by atoms with van der Waals surface area (Å²) in [6.45, 7) is 2.67. The van der Waals surface area contributed by atoms with E-state index in [4.69, 9.17) is 4.74 Å². The van der Waals surface area contributed by atoms with Crippen LogP contribution in [-0.4, -0.2) is 34.9 Å². The van der Waals surface area contributed by atoms with Crippen LogP contribution in [-0.2, 0) is 0 Å². The summed E-state index contributed by atoms with van der Waals surface area (Å²) in [5.74, 6) is 2.33. The van der Waals surface area contributed by atoms with Crippen LogP contribution in [0.25, 0.3) is 0 Å². The van der Waals surface area contributed by atoms with E-state index < -0.39 is 4.92 Å². The van der Waals surface area contributed by atoms with Crippen molar-refractivity contribution in [1.82, 2.24) is 4.90 Å². The third-order valence-corrected chi connectivity index (χ3v) is 6.76. The van der Waals surface area contributed by atoms with E-state index in [1.807, 2.05) is 11.8 Å². The molecular weight excluding hydrogens is 332 g/mol. The third-order valence-electron chi connectivity index (χ3n) is 6.76. The lowest BCUT2D eigenvalue weighted by Crippen LogP contribution is -2.61. The number of benzene rings is 1. The Kier molecular flexibility index (Phi) is 4.16. The lowest BCUT2D eigenvalue weighted by atomic mass is 9.52. The van der Waals surface area contributed by atoms with Crippen molar-refractivity contribution in [2.75, 3.05) is 13.7 Å². The highest BCUT2D eigenvalue weighted by molar-refractivity contribution is 5.95.